The van der Waals surface area contributed by atoms with E-state index in [1.54, 1.807) is 85.5 Å². The fourth-order valence-electron chi connectivity index (χ4n) is 11.9. The summed E-state index contributed by atoms with van der Waals surface area (Å²) in [4.78, 5) is 63.4. The summed E-state index contributed by atoms with van der Waals surface area (Å²) in [6, 6.07) is 3.38. The SMILES string of the molecule is Cc1c(-c2ccc(N3CCn4c(C(F)(F)F)nc(C(=O)O)c4C3)nc2C(=O)OC(C)(C)C)cnn1CC12CC3(C)CC(C)(C1)CC(OCCN(C(=O)OC(C)(C)C)C(=O)OC(C)(C)C)(C3)C2. The van der Waals surface area contributed by atoms with Crippen LogP contribution < -0.4 is 4.90 Å². The highest BCUT2D eigenvalue weighted by Crippen LogP contribution is 2.72. The number of carbonyl (C=O) groups excluding carboxylic acids is 3. The summed E-state index contributed by atoms with van der Waals surface area (Å²) in [5, 5.41) is 14.7. The van der Waals surface area contributed by atoms with Crippen molar-refractivity contribution in [3.05, 3.63) is 46.9 Å². The Hall–Kier alpha value is -5.20. The van der Waals surface area contributed by atoms with Crippen LogP contribution in [0.3, 0.4) is 0 Å². The van der Waals surface area contributed by atoms with E-state index >= 15 is 0 Å². The Morgan fingerprint density at radius 3 is 1.91 bits per heavy atom. The number of carboxylic acid groups (broad SMARTS) is 1. The Labute approximate surface area is 383 Å². The van der Waals surface area contributed by atoms with Crippen LogP contribution in [0.1, 0.15) is 153 Å². The normalized spacial score (nSPS) is 25.1. The second kappa shape index (κ2) is 16.2. The van der Waals surface area contributed by atoms with Crippen LogP contribution in [-0.2, 0) is 44.8 Å². The number of ether oxygens (including phenoxy) is 4. The number of nitrogens with zero attached hydrogens (tertiary/aromatic N) is 7. The first-order valence-corrected chi connectivity index (χ1v) is 22.5. The molecule has 0 aromatic carbocycles. The predicted molar refractivity (Wildman–Crippen MR) is 235 cm³/mol. The predicted octanol–water partition coefficient (Wildman–Crippen LogP) is 9.45. The average Bonchev–Trinajstić information content (AvgIpc) is 3.69. The first-order valence-electron chi connectivity index (χ1n) is 22.5. The molecular formula is C47H64F3N7O9. The Balaban J connectivity index is 1.16. The number of aromatic nitrogens is 5. The fraction of sp³-hybridized carbons (Fsp3) is 0.681. The van der Waals surface area contributed by atoms with E-state index in [1.165, 1.54) is 0 Å². The highest BCUT2D eigenvalue weighted by Gasteiger charge is 2.66. The standard InChI is InChI=1S/C47H64F3N7O9/c1-28-30(29-13-14-32(52-33(29)36(60)64-40(2,3)4)54-15-16-55-31(20-54)34(35(58)59)53-37(55)47(48,49)50)19-51-57(28)27-45-22-43(11)21-44(12,23-45)25-46(24-43,26-45)63-18-17-56(38(61)65-41(5,6)7)39(62)66-42(8,9)10/h13-14,19H,15-18,20-27H2,1-12H3,(H,58,59). The third kappa shape index (κ3) is 10.2. The number of alkyl halides is 3. The van der Waals surface area contributed by atoms with Gasteiger partial charge in [-0.1, -0.05) is 13.8 Å². The number of imide groups is 1. The van der Waals surface area contributed by atoms with Crippen LogP contribution in [0.4, 0.5) is 28.6 Å². The van der Waals surface area contributed by atoms with E-state index in [-0.39, 0.29) is 66.2 Å². The zero-order valence-electron chi connectivity index (χ0n) is 40.2. The zero-order chi connectivity index (χ0) is 48.8. The first kappa shape index (κ1) is 48.7. The maximum absolute atomic E-state index is 14.0. The number of carbonyl (C=O) groups is 4. The highest BCUT2D eigenvalue weighted by atomic mass is 19.4. The lowest BCUT2D eigenvalue weighted by molar-refractivity contribution is -0.248. The number of halogens is 3. The monoisotopic (exact) mass is 927 g/mol. The van der Waals surface area contributed by atoms with Crippen molar-refractivity contribution >= 4 is 29.9 Å². The number of amides is 2. The molecule has 0 radical (unpaired) electrons. The lowest BCUT2D eigenvalue weighted by Crippen LogP contribution is -2.64. The molecule has 2 unspecified atom stereocenters. The highest BCUT2D eigenvalue weighted by molar-refractivity contribution is 5.96. The molecule has 0 spiro atoms. The van der Waals surface area contributed by atoms with Crippen LogP contribution in [-0.4, -0.2) is 101 Å². The Bertz CT molecular complexity index is 2380. The molecule has 1 N–H and O–H groups in total. The van der Waals surface area contributed by atoms with Gasteiger partial charge in [-0.15, -0.1) is 0 Å². The van der Waals surface area contributed by atoms with E-state index < -0.39 is 64.2 Å². The number of pyridine rings is 1. The van der Waals surface area contributed by atoms with Crippen molar-refractivity contribution in [3.63, 3.8) is 0 Å². The molecule has 2 amide bonds. The lowest BCUT2D eigenvalue weighted by Gasteiger charge is -2.69. The number of anilines is 1. The van der Waals surface area contributed by atoms with E-state index in [4.69, 9.17) is 29.0 Å². The van der Waals surface area contributed by atoms with Gasteiger partial charge in [0.1, 0.15) is 22.6 Å². The van der Waals surface area contributed by atoms with E-state index in [0.29, 0.717) is 17.7 Å². The second-order valence-electron chi connectivity index (χ2n) is 22.8. The Morgan fingerprint density at radius 1 is 0.773 bits per heavy atom. The second-order valence-corrected chi connectivity index (χ2v) is 22.8. The molecule has 2 atom stereocenters. The smallest absolute Gasteiger partial charge is 0.449 e. The zero-order valence-corrected chi connectivity index (χ0v) is 40.2. The van der Waals surface area contributed by atoms with Crippen LogP contribution in [0.2, 0.25) is 0 Å². The van der Waals surface area contributed by atoms with Crippen molar-refractivity contribution in [3.8, 4) is 11.1 Å². The summed E-state index contributed by atoms with van der Waals surface area (Å²) < 4.78 is 68.3. The van der Waals surface area contributed by atoms with Crippen molar-refractivity contribution in [2.24, 2.45) is 16.2 Å². The van der Waals surface area contributed by atoms with Gasteiger partial charge in [-0.05, 0) is 136 Å². The number of hydrogen-bond donors (Lipinski definition) is 1. The van der Waals surface area contributed by atoms with E-state index in [2.05, 4.69) is 18.8 Å². The Morgan fingerprint density at radius 2 is 1.36 bits per heavy atom. The summed E-state index contributed by atoms with van der Waals surface area (Å²) in [6.07, 6.45) is 0.569. The minimum Gasteiger partial charge on any atom is -0.476 e. The van der Waals surface area contributed by atoms with E-state index in [0.717, 1.165) is 53.7 Å². The molecule has 4 fully saturated rings. The molecule has 5 aliphatic rings. The van der Waals surface area contributed by atoms with Gasteiger partial charge in [-0.2, -0.15) is 18.3 Å². The summed E-state index contributed by atoms with van der Waals surface area (Å²) in [6.45, 7) is 22.4. The quantitative estimate of drug-likeness (QED) is 0.150. The Kier molecular flexibility index (Phi) is 12.0. The molecule has 66 heavy (non-hydrogen) atoms. The third-order valence-electron chi connectivity index (χ3n) is 12.7. The van der Waals surface area contributed by atoms with E-state index in [9.17, 15) is 37.5 Å². The molecule has 362 valence electrons. The largest absolute Gasteiger partial charge is 0.476 e. The maximum Gasteiger partial charge on any atom is 0.449 e. The van der Waals surface area contributed by atoms with Gasteiger partial charge in [0.05, 0.1) is 37.2 Å². The molecule has 1 aliphatic heterocycles. The van der Waals surface area contributed by atoms with Crippen molar-refractivity contribution < 1.29 is 56.4 Å². The number of aromatic carboxylic acids is 1. The lowest BCUT2D eigenvalue weighted by atomic mass is 9.39. The molecule has 16 nitrogen and oxygen atoms in total. The third-order valence-corrected chi connectivity index (χ3v) is 12.7. The van der Waals surface area contributed by atoms with Gasteiger partial charge in [0.25, 0.3) is 0 Å². The topological polar surface area (TPSA) is 180 Å². The van der Waals surface area contributed by atoms with Gasteiger partial charge in [0, 0.05) is 36.5 Å². The van der Waals surface area contributed by atoms with Gasteiger partial charge >= 0.3 is 30.3 Å². The minimum atomic E-state index is -4.85. The van der Waals surface area contributed by atoms with Crippen molar-refractivity contribution in [1.82, 2.24) is 29.2 Å². The first-order chi connectivity index (χ1) is 30.2. The number of rotatable bonds is 10. The minimum absolute atomic E-state index is 0.0208. The fourth-order valence-corrected chi connectivity index (χ4v) is 11.9. The number of imidazole rings is 1. The maximum atomic E-state index is 14.0. The van der Waals surface area contributed by atoms with Crippen molar-refractivity contribution in [1.29, 1.82) is 0 Å². The van der Waals surface area contributed by atoms with Gasteiger partial charge in [-0.3, -0.25) is 4.68 Å². The number of esters is 1. The van der Waals surface area contributed by atoms with Crippen LogP contribution in [0.25, 0.3) is 11.1 Å². The molecule has 8 rings (SSSR count). The molecule has 3 aromatic heterocycles. The molecule has 4 bridgehead atoms. The van der Waals surface area contributed by atoms with Gasteiger partial charge in [0.15, 0.2) is 11.4 Å². The molecule has 19 heteroatoms. The molecule has 4 heterocycles. The summed E-state index contributed by atoms with van der Waals surface area (Å²) in [5.41, 5.74) is -2.34. The summed E-state index contributed by atoms with van der Waals surface area (Å²) in [5.74, 6) is -3.32. The molecule has 4 saturated carbocycles. The van der Waals surface area contributed by atoms with Crippen molar-refractivity contribution in [2.45, 2.75) is 170 Å². The number of fused-ring (bicyclic) bond motifs is 1. The molecule has 4 aliphatic carbocycles. The van der Waals surface area contributed by atoms with Gasteiger partial charge in [0.2, 0.25) is 5.82 Å². The number of carboxylic acids is 1. The van der Waals surface area contributed by atoms with Gasteiger partial charge in [-0.25, -0.2) is 34.0 Å². The molecule has 0 saturated heterocycles. The molecule has 3 aromatic rings. The average molecular weight is 928 g/mol. The van der Waals surface area contributed by atoms with E-state index in [1.807, 2.05) is 11.6 Å². The summed E-state index contributed by atoms with van der Waals surface area (Å²) >= 11 is 0. The van der Waals surface area contributed by atoms with Crippen LogP contribution >= 0.6 is 0 Å². The van der Waals surface area contributed by atoms with Crippen LogP contribution in [0.5, 0.6) is 0 Å². The number of hydrogen-bond acceptors (Lipinski definition) is 12. The summed E-state index contributed by atoms with van der Waals surface area (Å²) in [7, 11) is 0. The molecular weight excluding hydrogens is 864 g/mol. The van der Waals surface area contributed by atoms with Gasteiger partial charge < -0.3 is 33.5 Å². The van der Waals surface area contributed by atoms with Crippen LogP contribution in [0.15, 0.2) is 18.3 Å². The van der Waals surface area contributed by atoms with Crippen molar-refractivity contribution in [2.75, 3.05) is 24.6 Å². The van der Waals surface area contributed by atoms with Crippen LogP contribution in [0, 0.1) is 23.2 Å².